The molecular formula is C17H26N2O. The summed E-state index contributed by atoms with van der Waals surface area (Å²) in [5.74, 6) is 0.259. The number of hydrogen-bond acceptors (Lipinski definition) is 2. The van der Waals surface area contributed by atoms with E-state index in [-0.39, 0.29) is 5.91 Å². The molecule has 1 amide bonds. The summed E-state index contributed by atoms with van der Waals surface area (Å²) in [6.45, 7) is 6.88. The summed E-state index contributed by atoms with van der Waals surface area (Å²) < 4.78 is 0. The Kier molecular flexibility index (Phi) is 4.81. The molecule has 0 unspecified atom stereocenters. The highest BCUT2D eigenvalue weighted by Crippen LogP contribution is 2.37. The molecule has 2 rings (SSSR count). The van der Waals surface area contributed by atoms with Gasteiger partial charge in [-0.05, 0) is 35.8 Å². The molecule has 0 atom stereocenters. The summed E-state index contributed by atoms with van der Waals surface area (Å²) in [4.78, 5) is 14.4. The van der Waals surface area contributed by atoms with Crippen molar-refractivity contribution in [1.29, 1.82) is 0 Å². The molecule has 3 nitrogen and oxygen atoms in total. The van der Waals surface area contributed by atoms with Crippen molar-refractivity contribution in [2.75, 3.05) is 13.1 Å². The Balaban J connectivity index is 1.95. The molecular weight excluding hydrogens is 248 g/mol. The van der Waals surface area contributed by atoms with Crippen LogP contribution in [0.1, 0.15) is 44.2 Å². The minimum absolute atomic E-state index is 0.259. The van der Waals surface area contributed by atoms with E-state index in [0.717, 1.165) is 30.6 Å². The van der Waals surface area contributed by atoms with E-state index < -0.39 is 0 Å². The molecule has 110 valence electrons. The van der Waals surface area contributed by atoms with Gasteiger partial charge >= 0.3 is 0 Å². The van der Waals surface area contributed by atoms with Crippen LogP contribution in [0.4, 0.5) is 0 Å². The lowest BCUT2D eigenvalue weighted by Crippen LogP contribution is -2.32. The van der Waals surface area contributed by atoms with Crippen LogP contribution >= 0.6 is 0 Å². The molecule has 1 heterocycles. The summed E-state index contributed by atoms with van der Waals surface area (Å²) in [6, 6.07) is 8.05. The molecule has 0 radical (unpaired) electrons. The van der Waals surface area contributed by atoms with Gasteiger partial charge in [0.15, 0.2) is 0 Å². The second-order valence-corrected chi connectivity index (χ2v) is 5.97. The lowest BCUT2D eigenvalue weighted by Gasteiger charge is -2.26. The molecule has 1 saturated heterocycles. The fraction of sp³-hybridized carbons (Fsp3) is 0.588. The quantitative estimate of drug-likeness (QED) is 0.897. The Morgan fingerprint density at radius 2 is 1.80 bits per heavy atom. The van der Waals surface area contributed by atoms with Crippen molar-refractivity contribution in [2.24, 2.45) is 11.1 Å². The highest BCUT2D eigenvalue weighted by molar-refractivity contribution is 5.79. The first-order chi connectivity index (χ1) is 9.62. The van der Waals surface area contributed by atoms with E-state index in [1.165, 1.54) is 12.8 Å². The molecule has 1 aromatic carbocycles. The van der Waals surface area contributed by atoms with Crippen molar-refractivity contribution in [3.8, 4) is 0 Å². The minimum Gasteiger partial charge on any atom is -0.342 e. The summed E-state index contributed by atoms with van der Waals surface area (Å²) in [5.41, 5.74) is 8.14. The number of likely N-dealkylation sites (tertiary alicyclic amines) is 1. The van der Waals surface area contributed by atoms with Crippen LogP contribution in [0.25, 0.3) is 0 Å². The van der Waals surface area contributed by atoms with Gasteiger partial charge in [-0.25, -0.2) is 0 Å². The SMILES string of the molecule is CCC1(CC)CCN(C(=O)Cc2ccc(CN)cc2)C1. The number of nitrogens with zero attached hydrogens (tertiary/aromatic N) is 1. The fourth-order valence-electron chi connectivity index (χ4n) is 3.05. The van der Waals surface area contributed by atoms with E-state index in [1.807, 2.05) is 29.2 Å². The van der Waals surface area contributed by atoms with Crippen molar-refractivity contribution < 1.29 is 4.79 Å². The van der Waals surface area contributed by atoms with Crippen LogP contribution in [0.5, 0.6) is 0 Å². The Bertz CT molecular complexity index is 449. The zero-order valence-corrected chi connectivity index (χ0v) is 12.7. The molecule has 2 N–H and O–H groups in total. The maximum absolute atomic E-state index is 12.4. The van der Waals surface area contributed by atoms with Crippen LogP contribution in [0, 0.1) is 5.41 Å². The molecule has 0 saturated carbocycles. The summed E-state index contributed by atoms with van der Waals surface area (Å²) in [6.07, 6.45) is 3.99. The lowest BCUT2D eigenvalue weighted by molar-refractivity contribution is -0.129. The third-order valence-electron chi connectivity index (χ3n) is 4.91. The average molecular weight is 274 g/mol. The van der Waals surface area contributed by atoms with Gasteiger partial charge in [0.05, 0.1) is 6.42 Å². The molecule has 1 aromatic rings. The zero-order chi connectivity index (χ0) is 14.6. The van der Waals surface area contributed by atoms with E-state index in [2.05, 4.69) is 13.8 Å². The zero-order valence-electron chi connectivity index (χ0n) is 12.7. The first kappa shape index (κ1) is 15.0. The number of hydrogen-bond donors (Lipinski definition) is 1. The number of nitrogens with two attached hydrogens (primary N) is 1. The number of rotatable bonds is 5. The van der Waals surface area contributed by atoms with Gasteiger partial charge in [-0.15, -0.1) is 0 Å². The van der Waals surface area contributed by atoms with Gasteiger partial charge in [0.1, 0.15) is 0 Å². The van der Waals surface area contributed by atoms with Gasteiger partial charge in [0.2, 0.25) is 5.91 Å². The highest BCUT2D eigenvalue weighted by atomic mass is 16.2. The van der Waals surface area contributed by atoms with Crippen LogP contribution in [-0.4, -0.2) is 23.9 Å². The normalized spacial score (nSPS) is 17.4. The van der Waals surface area contributed by atoms with Gasteiger partial charge < -0.3 is 10.6 Å². The first-order valence-corrected chi connectivity index (χ1v) is 7.68. The smallest absolute Gasteiger partial charge is 0.227 e. The molecule has 1 fully saturated rings. The molecule has 20 heavy (non-hydrogen) atoms. The van der Waals surface area contributed by atoms with E-state index in [1.54, 1.807) is 0 Å². The van der Waals surface area contributed by atoms with Crippen molar-refractivity contribution >= 4 is 5.91 Å². The van der Waals surface area contributed by atoms with Crippen LogP contribution < -0.4 is 5.73 Å². The van der Waals surface area contributed by atoms with Crippen LogP contribution in [-0.2, 0) is 17.8 Å². The van der Waals surface area contributed by atoms with Gasteiger partial charge in [0, 0.05) is 19.6 Å². The van der Waals surface area contributed by atoms with Gasteiger partial charge in [-0.3, -0.25) is 4.79 Å². The molecule has 0 spiro atoms. The predicted octanol–water partition coefficient (Wildman–Crippen LogP) is 2.73. The molecule has 0 aromatic heterocycles. The number of carbonyl (C=O) groups is 1. The van der Waals surface area contributed by atoms with Crippen LogP contribution in [0.2, 0.25) is 0 Å². The van der Waals surface area contributed by atoms with E-state index >= 15 is 0 Å². The summed E-state index contributed by atoms with van der Waals surface area (Å²) >= 11 is 0. The topological polar surface area (TPSA) is 46.3 Å². The van der Waals surface area contributed by atoms with E-state index in [9.17, 15) is 4.79 Å². The van der Waals surface area contributed by atoms with Gasteiger partial charge in [-0.2, -0.15) is 0 Å². The molecule has 3 heteroatoms. The van der Waals surface area contributed by atoms with E-state index in [4.69, 9.17) is 5.73 Å². The van der Waals surface area contributed by atoms with Gasteiger partial charge in [0.25, 0.3) is 0 Å². The van der Waals surface area contributed by atoms with Crippen LogP contribution in [0.3, 0.4) is 0 Å². The van der Waals surface area contributed by atoms with E-state index in [0.29, 0.717) is 18.4 Å². The third kappa shape index (κ3) is 3.21. The van der Waals surface area contributed by atoms with Gasteiger partial charge in [-0.1, -0.05) is 38.1 Å². The predicted molar refractivity (Wildman–Crippen MR) is 82.2 cm³/mol. The summed E-state index contributed by atoms with van der Waals surface area (Å²) in [7, 11) is 0. The Morgan fingerprint density at radius 3 is 2.30 bits per heavy atom. The Morgan fingerprint density at radius 1 is 1.20 bits per heavy atom. The largest absolute Gasteiger partial charge is 0.342 e. The number of amides is 1. The second-order valence-electron chi connectivity index (χ2n) is 5.97. The van der Waals surface area contributed by atoms with Crippen molar-refractivity contribution in [3.05, 3.63) is 35.4 Å². The Labute approximate surface area is 122 Å². The average Bonchev–Trinajstić information content (AvgIpc) is 2.93. The minimum atomic E-state index is 0.259. The lowest BCUT2D eigenvalue weighted by atomic mass is 9.82. The summed E-state index contributed by atoms with van der Waals surface area (Å²) in [5, 5.41) is 0. The maximum atomic E-state index is 12.4. The first-order valence-electron chi connectivity index (χ1n) is 7.68. The third-order valence-corrected chi connectivity index (χ3v) is 4.91. The van der Waals surface area contributed by atoms with Crippen LogP contribution in [0.15, 0.2) is 24.3 Å². The monoisotopic (exact) mass is 274 g/mol. The fourth-order valence-corrected chi connectivity index (χ4v) is 3.05. The second kappa shape index (κ2) is 6.40. The molecule has 0 bridgehead atoms. The van der Waals surface area contributed by atoms with Crippen molar-refractivity contribution in [3.63, 3.8) is 0 Å². The Hall–Kier alpha value is -1.35. The molecule has 1 aliphatic rings. The number of carbonyl (C=O) groups excluding carboxylic acids is 1. The van der Waals surface area contributed by atoms with Crippen molar-refractivity contribution in [1.82, 2.24) is 4.90 Å². The number of benzene rings is 1. The molecule has 1 aliphatic heterocycles. The highest BCUT2D eigenvalue weighted by Gasteiger charge is 2.36. The maximum Gasteiger partial charge on any atom is 0.227 e. The van der Waals surface area contributed by atoms with Crippen molar-refractivity contribution in [2.45, 2.75) is 46.1 Å². The standard InChI is InChI=1S/C17H26N2O/c1-3-17(4-2)9-10-19(13-17)16(20)11-14-5-7-15(12-18)8-6-14/h5-8H,3-4,9-13,18H2,1-2H3. The molecule has 0 aliphatic carbocycles.